The first kappa shape index (κ1) is 16.5. The van der Waals surface area contributed by atoms with Gasteiger partial charge >= 0.3 is 0 Å². The zero-order valence-corrected chi connectivity index (χ0v) is 14.0. The lowest BCUT2D eigenvalue weighted by atomic mass is 10.1. The predicted octanol–water partition coefficient (Wildman–Crippen LogP) is 0.934. The van der Waals surface area contributed by atoms with Crippen molar-refractivity contribution >= 4 is 10.0 Å². The van der Waals surface area contributed by atoms with Crippen LogP contribution in [0.25, 0.3) is 0 Å². The van der Waals surface area contributed by atoms with E-state index in [0.29, 0.717) is 31.2 Å². The highest BCUT2D eigenvalue weighted by Crippen LogP contribution is 2.28. The van der Waals surface area contributed by atoms with Crippen LogP contribution in [0.5, 0.6) is 0 Å². The third-order valence-electron chi connectivity index (χ3n) is 3.80. The molecule has 0 aromatic carbocycles. The van der Waals surface area contributed by atoms with Crippen molar-refractivity contribution in [3.63, 3.8) is 0 Å². The Morgan fingerprint density at radius 3 is 2.76 bits per heavy atom. The van der Waals surface area contributed by atoms with Crippen LogP contribution in [0, 0.1) is 0 Å². The second kappa shape index (κ2) is 6.08. The van der Waals surface area contributed by atoms with Crippen molar-refractivity contribution in [3.8, 4) is 0 Å². The molecule has 1 aliphatic rings. The van der Waals surface area contributed by atoms with Crippen LogP contribution in [0.15, 0.2) is 17.2 Å². The van der Waals surface area contributed by atoms with Gasteiger partial charge in [-0.2, -0.15) is 4.31 Å². The van der Waals surface area contributed by atoms with Crippen molar-refractivity contribution in [1.29, 1.82) is 0 Å². The van der Waals surface area contributed by atoms with E-state index in [1.165, 1.54) is 0 Å². The van der Waals surface area contributed by atoms with E-state index in [1.54, 1.807) is 16.6 Å². The normalized spacial score (nSPS) is 19.8. The summed E-state index contributed by atoms with van der Waals surface area (Å²) < 4.78 is 34.6. The molecule has 2 rings (SSSR count). The Bertz CT molecular complexity index is 593. The van der Waals surface area contributed by atoms with Crippen molar-refractivity contribution in [3.05, 3.63) is 18.0 Å². The quantitative estimate of drug-likeness (QED) is 0.878. The molecule has 1 aliphatic heterocycles. The molecule has 0 spiro atoms. The average Bonchev–Trinajstić information content (AvgIpc) is 2.77. The summed E-state index contributed by atoms with van der Waals surface area (Å²) in [6, 6.07) is 1.75. The molecule has 1 aromatic rings. The van der Waals surface area contributed by atoms with Crippen molar-refractivity contribution in [2.75, 3.05) is 26.3 Å². The van der Waals surface area contributed by atoms with E-state index in [2.05, 4.69) is 5.32 Å². The van der Waals surface area contributed by atoms with Crippen LogP contribution in [0.1, 0.15) is 26.5 Å². The van der Waals surface area contributed by atoms with Crippen LogP contribution >= 0.6 is 0 Å². The topological polar surface area (TPSA) is 63.6 Å². The minimum atomic E-state index is -3.49. The van der Waals surface area contributed by atoms with E-state index in [9.17, 15) is 8.42 Å². The van der Waals surface area contributed by atoms with E-state index in [4.69, 9.17) is 4.74 Å². The van der Waals surface area contributed by atoms with E-state index in [-0.39, 0.29) is 0 Å². The molecule has 21 heavy (non-hydrogen) atoms. The van der Waals surface area contributed by atoms with Gasteiger partial charge in [0.05, 0.1) is 18.8 Å². The maximum absolute atomic E-state index is 12.9. The van der Waals surface area contributed by atoms with Gasteiger partial charge in [0.25, 0.3) is 0 Å². The number of aromatic nitrogens is 1. The lowest BCUT2D eigenvalue weighted by molar-refractivity contribution is -0.00770. The molecule has 0 amide bonds. The van der Waals surface area contributed by atoms with E-state index in [0.717, 1.165) is 12.2 Å². The lowest BCUT2D eigenvalue weighted by Gasteiger charge is -2.40. The Labute approximate surface area is 127 Å². The number of hydrogen-bond donors (Lipinski definition) is 1. The van der Waals surface area contributed by atoms with Crippen molar-refractivity contribution in [1.82, 2.24) is 14.2 Å². The average molecular weight is 315 g/mol. The number of rotatable bonds is 5. The number of ether oxygens (including phenoxy) is 1. The smallest absolute Gasteiger partial charge is 0.245 e. The molecular weight excluding hydrogens is 290 g/mol. The Morgan fingerprint density at radius 2 is 2.14 bits per heavy atom. The highest BCUT2D eigenvalue weighted by Gasteiger charge is 2.40. The number of morpholine rings is 1. The summed E-state index contributed by atoms with van der Waals surface area (Å²) in [5.74, 6) is 0. The van der Waals surface area contributed by atoms with Gasteiger partial charge in [-0.15, -0.1) is 0 Å². The Morgan fingerprint density at radius 1 is 1.43 bits per heavy atom. The van der Waals surface area contributed by atoms with Crippen LogP contribution in [-0.2, 0) is 28.4 Å². The SMILES string of the molecule is CCNCc1cc(S(=O)(=O)N2CCOCC2(C)C)cn1C. The number of sulfonamides is 1. The highest BCUT2D eigenvalue weighted by molar-refractivity contribution is 7.89. The van der Waals surface area contributed by atoms with Gasteiger partial charge in [0.1, 0.15) is 4.90 Å². The number of hydrogen-bond acceptors (Lipinski definition) is 4. The maximum atomic E-state index is 12.9. The minimum Gasteiger partial charge on any atom is -0.378 e. The molecule has 0 unspecified atom stereocenters. The van der Waals surface area contributed by atoms with Crippen LogP contribution < -0.4 is 5.32 Å². The molecule has 2 heterocycles. The number of nitrogens with one attached hydrogen (secondary N) is 1. The summed E-state index contributed by atoms with van der Waals surface area (Å²) in [4.78, 5) is 0.355. The van der Waals surface area contributed by atoms with Gasteiger partial charge in [0, 0.05) is 32.0 Å². The molecule has 0 saturated carbocycles. The van der Waals surface area contributed by atoms with Crippen molar-refractivity contribution < 1.29 is 13.2 Å². The molecule has 0 aliphatic carbocycles. The van der Waals surface area contributed by atoms with E-state index in [1.807, 2.05) is 32.4 Å². The van der Waals surface area contributed by atoms with Crippen LogP contribution in [0.4, 0.5) is 0 Å². The summed E-state index contributed by atoms with van der Waals surface area (Å²) in [7, 11) is -1.62. The Hall–Kier alpha value is -0.890. The lowest BCUT2D eigenvalue weighted by Crippen LogP contribution is -2.55. The third-order valence-corrected chi connectivity index (χ3v) is 5.87. The predicted molar refractivity (Wildman–Crippen MR) is 81.6 cm³/mol. The van der Waals surface area contributed by atoms with Gasteiger partial charge in [0.2, 0.25) is 10.0 Å². The van der Waals surface area contributed by atoms with Crippen LogP contribution in [-0.4, -0.2) is 49.1 Å². The fourth-order valence-corrected chi connectivity index (χ4v) is 4.41. The molecule has 1 aromatic heterocycles. The first-order chi connectivity index (χ1) is 9.79. The summed E-state index contributed by atoms with van der Waals surface area (Å²) in [6.45, 7) is 8.59. The molecular formula is C14H25N3O3S. The fraction of sp³-hybridized carbons (Fsp3) is 0.714. The summed E-state index contributed by atoms with van der Waals surface area (Å²) in [6.07, 6.45) is 1.69. The molecule has 0 atom stereocenters. The molecule has 1 fully saturated rings. The van der Waals surface area contributed by atoms with Crippen molar-refractivity contribution in [2.24, 2.45) is 7.05 Å². The first-order valence-electron chi connectivity index (χ1n) is 7.25. The molecule has 120 valence electrons. The van der Waals surface area contributed by atoms with Gasteiger partial charge in [-0.1, -0.05) is 6.92 Å². The number of aryl methyl sites for hydroxylation is 1. The Balaban J connectivity index is 2.31. The van der Waals surface area contributed by atoms with Gasteiger partial charge in [-0.3, -0.25) is 0 Å². The summed E-state index contributed by atoms with van der Waals surface area (Å²) in [5, 5.41) is 3.22. The number of nitrogens with zero attached hydrogens (tertiary/aromatic N) is 2. The van der Waals surface area contributed by atoms with Gasteiger partial charge in [0.15, 0.2) is 0 Å². The van der Waals surface area contributed by atoms with Gasteiger partial charge < -0.3 is 14.6 Å². The molecule has 7 heteroatoms. The summed E-state index contributed by atoms with van der Waals surface area (Å²) in [5.41, 5.74) is 0.441. The minimum absolute atomic E-state index is 0.355. The monoisotopic (exact) mass is 315 g/mol. The van der Waals surface area contributed by atoms with Crippen molar-refractivity contribution in [2.45, 2.75) is 37.8 Å². The fourth-order valence-electron chi connectivity index (χ4n) is 2.56. The molecule has 0 radical (unpaired) electrons. The maximum Gasteiger partial charge on any atom is 0.245 e. The van der Waals surface area contributed by atoms with Gasteiger partial charge in [-0.25, -0.2) is 8.42 Å². The Kier molecular flexibility index (Phi) is 4.77. The van der Waals surface area contributed by atoms with E-state index < -0.39 is 15.6 Å². The molecule has 6 nitrogen and oxygen atoms in total. The molecule has 1 N–H and O–H groups in total. The first-order valence-corrected chi connectivity index (χ1v) is 8.69. The second-order valence-electron chi connectivity index (χ2n) is 6.00. The highest BCUT2D eigenvalue weighted by atomic mass is 32.2. The molecule has 0 bridgehead atoms. The largest absolute Gasteiger partial charge is 0.378 e. The van der Waals surface area contributed by atoms with Crippen LogP contribution in [0.3, 0.4) is 0 Å². The molecule has 1 saturated heterocycles. The second-order valence-corrected chi connectivity index (χ2v) is 7.86. The summed E-state index contributed by atoms with van der Waals surface area (Å²) >= 11 is 0. The van der Waals surface area contributed by atoms with Gasteiger partial charge in [-0.05, 0) is 26.5 Å². The zero-order valence-electron chi connectivity index (χ0n) is 13.2. The zero-order chi connectivity index (χ0) is 15.7. The third kappa shape index (κ3) is 3.31. The van der Waals surface area contributed by atoms with E-state index >= 15 is 0 Å². The van der Waals surface area contributed by atoms with Crippen LogP contribution in [0.2, 0.25) is 0 Å². The standard InChI is InChI=1S/C14H25N3O3S/c1-5-15-9-12-8-13(10-16(12)4)21(18,19)17-6-7-20-11-14(17,2)3/h8,10,15H,5-7,9,11H2,1-4H3.